The smallest absolute Gasteiger partial charge is 0.0570 e. The zero-order valence-corrected chi connectivity index (χ0v) is 11.9. The molecule has 106 valence electrons. The highest BCUT2D eigenvalue weighted by atomic mass is 16.3. The van der Waals surface area contributed by atoms with Gasteiger partial charge in [-0.15, -0.1) is 0 Å². The number of aromatic nitrogens is 1. The molecule has 1 saturated carbocycles. The minimum Gasteiger partial charge on any atom is -0.396 e. The monoisotopic (exact) mass is 262 g/mol. The second-order valence-corrected chi connectivity index (χ2v) is 5.66. The number of hydrogen-bond donors (Lipinski definition) is 2. The quantitative estimate of drug-likeness (QED) is 0.828. The van der Waals surface area contributed by atoms with Crippen molar-refractivity contribution < 1.29 is 5.11 Å². The third-order valence-electron chi connectivity index (χ3n) is 4.25. The van der Waals surface area contributed by atoms with Crippen LogP contribution in [0.15, 0.2) is 24.4 Å². The molecule has 1 aliphatic carbocycles. The molecule has 0 bridgehead atoms. The van der Waals surface area contributed by atoms with Gasteiger partial charge in [0.1, 0.15) is 0 Å². The van der Waals surface area contributed by atoms with Gasteiger partial charge in [0.25, 0.3) is 0 Å². The van der Waals surface area contributed by atoms with Crippen LogP contribution in [0.2, 0.25) is 0 Å². The molecule has 3 heteroatoms. The summed E-state index contributed by atoms with van der Waals surface area (Å²) in [6.45, 7) is 2.43. The van der Waals surface area contributed by atoms with E-state index in [0.29, 0.717) is 12.0 Å². The van der Waals surface area contributed by atoms with Crippen molar-refractivity contribution in [2.45, 2.75) is 57.5 Å². The van der Waals surface area contributed by atoms with Crippen LogP contribution < -0.4 is 5.32 Å². The first kappa shape index (κ1) is 14.5. The maximum absolute atomic E-state index is 9.30. The maximum Gasteiger partial charge on any atom is 0.0570 e. The van der Waals surface area contributed by atoms with Gasteiger partial charge in [-0.25, -0.2) is 0 Å². The Labute approximate surface area is 116 Å². The zero-order valence-electron chi connectivity index (χ0n) is 11.9. The van der Waals surface area contributed by atoms with Crippen molar-refractivity contribution in [3.05, 3.63) is 30.1 Å². The number of pyridine rings is 1. The van der Waals surface area contributed by atoms with Crippen LogP contribution in [0.5, 0.6) is 0 Å². The molecular formula is C16H26N2O. The lowest BCUT2D eigenvalue weighted by Gasteiger charge is -2.32. The first-order valence-electron chi connectivity index (χ1n) is 7.59. The Morgan fingerprint density at radius 3 is 2.74 bits per heavy atom. The highest BCUT2D eigenvalue weighted by Crippen LogP contribution is 2.29. The summed E-state index contributed by atoms with van der Waals surface area (Å²) < 4.78 is 0. The van der Waals surface area contributed by atoms with Crippen LogP contribution >= 0.6 is 0 Å². The number of nitrogens with zero attached hydrogens (tertiary/aromatic N) is 1. The van der Waals surface area contributed by atoms with Crippen molar-refractivity contribution in [1.29, 1.82) is 0 Å². The maximum atomic E-state index is 9.30. The van der Waals surface area contributed by atoms with Crippen molar-refractivity contribution in [2.24, 2.45) is 5.92 Å². The van der Waals surface area contributed by atoms with Crippen molar-refractivity contribution in [3.8, 4) is 0 Å². The van der Waals surface area contributed by atoms with Crippen LogP contribution in [0.1, 0.15) is 57.2 Å². The van der Waals surface area contributed by atoms with Crippen LogP contribution in [-0.4, -0.2) is 22.7 Å². The standard InChI is InChI=1S/C16H26N2O/c1-13(15-9-5-6-11-17-15)18-16(10-12-19)14-7-3-2-4-8-14/h5-6,9,11,13-14,16,18-19H,2-4,7-8,10,12H2,1H3. The highest BCUT2D eigenvalue weighted by Gasteiger charge is 2.24. The van der Waals surface area contributed by atoms with Crippen LogP contribution in [-0.2, 0) is 0 Å². The summed E-state index contributed by atoms with van der Waals surface area (Å²) >= 11 is 0. The zero-order chi connectivity index (χ0) is 13.5. The van der Waals surface area contributed by atoms with E-state index in [4.69, 9.17) is 0 Å². The molecule has 1 fully saturated rings. The van der Waals surface area contributed by atoms with Gasteiger partial charge in [0.15, 0.2) is 0 Å². The Balaban J connectivity index is 1.95. The van der Waals surface area contributed by atoms with E-state index >= 15 is 0 Å². The van der Waals surface area contributed by atoms with Crippen LogP contribution in [0.3, 0.4) is 0 Å². The summed E-state index contributed by atoms with van der Waals surface area (Å²) in [7, 11) is 0. The second kappa shape index (κ2) is 7.61. The molecule has 2 N–H and O–H groups in total. The molecule has 0 radical (unpaired) electrons. The Hall–Kier alpha value is -0.930. The first-order chi connectivity index (χ1) is 9.31. The van der Waals surface area contributed by atoms with Crippen molar-refractivity contribution >= 4 is 0 Å². The molecule has 0 aliphatic heterocycles. The Kier molecular flexibility index (Phi) is 5.80. The normalized spacial score (nSPS) is 20.1. The molecule has 2 unspecified atom stereocenters. The second-order valence-electron chi connectivity index (χ2n) is 5.66. The molecule has 0 saturated heterocycles. The molecular weight excluding hydrogens is 236 g/mol. The van der Waals surface area contributed by atoms with Gasteiger partial charge in [0.05, 0.1) is 5.69 Å². The molecule has 2 atom stereocenters. The fourth-order valence-electron chi connectivity index (χ4n) is 3.17. The lowest BCUT2D eigenvalue weighted by atomic mass is 9.82. The average molecular weight is 262 g/mol. The van der Waals surface area contributed by atoms with Crippen molar-refractivity contribution in [1.82, 2.24) is 10.3 Å². The van der Waals surface area contributed by atoms with Crippen LogP contribution in [0.25, 0.3) is 0 Å². The molecule has 0 aromatic carbocycles. The lowest BCUT2D eigenvalue weighted by Crippen LogP contribution is -2.39. The molecule has 0 spiro atoms. The van der Waals surface area contributed by atoms with E-state index in [1.54, 1.807) is 0 Å². The predicted molar refractivity (Wildman–Crippen MR) is 77.9 cm³/mol. The largest absolute Gasteiger partial charge is 0.396 e. The topological polar surface area (TPSA) is 45.1 Å². The summed E-state index contributed by atoms with van der Waals surface area (Å²) in [5.74, 6) is 0.715. The third kappa shape index (κ3) is 4.29. The SMILES string of the molecule is CC(NC(CCO)C1CCCCC1)c1ccccn1. The van der Waals surface area contributed by atoms with Gasteiger partial charge in [0.2, 0.25) is 0 Å². The molecule has 19 heavy (non-hydrogen) atoms. The molecule has 1 aromatic rings. The van der Waals surface area contributed by atoms with Crippen molar-refractivity contribution in [2.75, 3.05) is 6.61 Å². The fourth-order valence-corrected chi connectivity index (χ4v) is 3.17. The van der Waals surface area contributed by atoms with Gasteiger partial charge in [-0.3, -0.25) is 4.98 Å². The van der Waals surface area contributed by atoms with Crippen molar-refractivity contribution in [3.63, 3.8) is 0 Å². The Morgan fingerprint density at radius 2 is 2.11 bits per heavy atom. The lowest BCUT2D eigenvalue weighted by molar-refractivity contribution is 0.197. The summed E-state index contributed by atoms with van der Waals surface area (Å²) in [6, 6.07) is 6.71. The van der Waals surface area contributed by atoms with Crippen LogP contribution in [0.4, 0.5) is 0 Å². The Bertz CT molecular complexity index is 349. The molecule has 0 amide bonds. The molecule has 2 rings (SSSR count). The predicted octanol–water partition coefficient (Wildman–Crippen LogP) is 3.06. The third-order valence-corrected chi connectivity index (χ3v) is 4.25. The van der Waals surface area contributed by atoms with Gasteiger partial charge in [-0.1, -0.05) is 25.3 Å². The minimum absolute atomic E-state index is 0.250. The highest BCUT2D eigenvalue weighted by molar-refractivity contribution is 5.08. The number of aliphatic hydroxyl groups excluding tert-OH is 1. The van der Waals surface area contributed by atoms with E-state index in [1.807, 2.05) is 18.3 Å². The number of nitrogens with one attached hydrogen (secondary N) is 1. The number of hydrogen-bond acceptors (Lipinski definition) is 3. The van der Waals surface area contributed by atoms with E-state index in [1.165, 1.54) is 32.1 Å². The van der Waals surface area contributed by atoms with E-state index in [9.17, 15) is 5.11 Å². The number of rotatable bonds is 6. The average Bonchev–Trinajstić information content (AvgIpc) is 2.48. The summed E-state index contributed by atoms with van der Waals surface area (Å²) in [5, 5.41) is 13.0. The summed E-state index contributed by atoms with van der Waals surface area (Å²) in [4.78, 5) is 4.41. The Morgan fingerprint density at radius 1 is 1.32 bits per heavy atom. The van der Waals surface area contributed by atoms with E-state index < -0.39 is 0 Å². The molecule has 1 aromatic heterocycles. The van der Waals surface area contributed by atoms with Gasteiger partial charge < -0.3 is 10.4 Å². The molecule has 3 nitrogen and oxygen atoms in total. The fraction of sp³-hybridized carbons (Fsp3) is 0.688. The van der Waals surface area contributed by atoms with E-state index in [2.05, 4.69) is 23.3 Å². The van der Waals surface area contributed by atoms with Gasteiger partial charge in [-0.2, -0.15) is 0 Å². The minimum atomic E-state index is 0.250. The van der Waals surface area contributed by atoms with E-state index in [-0.39, 0.29) is 12.6 Å². The number of aliphatic hydroxyl groups is 1. The van der Waals surface area contributed by atoms with E-state index in [0.717, 1.165) is 12.1 Å². The summed E-state index contributed by atoms with van der Waals surface area (Å²) in [5.41, 5.74) is 1.08. The van der Waals surface area contributed by atoms with Crippen LogP contribution in [0, 0.1) is 5.92 Å². The van der Waals surface area contributed by atoms with Gasteiger partial charge in [-0.05, 0) is 44.2 Å². The summed E-state index contributed by atoms with van der Waals surface area (Å²) in [6.07, 6.45) is 9.34. The molecule has 1 aliphatic rings. The van der Waals surface area contributed by atoms with Gasteiger partial charge >= 0.3 is 0 Å². The first-order valence-corrected chi connectivity index (χ1v) is 7.59. The molecule has 1 heterocycles. The van der Waals surface area contributed by atoms with Gasteiger partial charge in [0, 0.05) is 24.9 Å².